The molecule has 1 aliphatic rings. The van der Waals surface area contributed by atoms with E-state index in [2.05, 4.69) is 11.3 Å². The Bertz CT molecular complexity index is 643. The predicted octanol–water partition coefficient (Wildman–Crippen LogP) is 6.76. The fraction of sp³-hybridized carbons (Fsp3) is 0.824. The van der Waals surface area contributed by atoms with Crippen LogP contribution in [0, 0.1) is 22.7 Å². The van der Waals surface area contributed by atoms with Crippen LogP contribution in [-0.4, -0.2) is 36.8 Å². The van der Waals surface area contributed by atoms with Crippen molar-refractivity contribution in [1.82, 2.24) is 0 Å². The third-order valence-corrected chi connectivity index (χ3v) is 6.13. The zero-order chi connectivity index (χ0) is 24.8. The Labute approximate surface area is 168 Å². The van der Waals surface area contributed by atoms with Crippen LogP contribution < -0.4 is 0 Å². The highest BCUT2D eigenvalue weighted by molar-refractivity contribution is 5.81. The van der Waals surface area contributed by atoms with E-state index in [4.69, 9.17) is 0 Å². The Morgan fingerprint density at radius 2 is 1.16 bits per heavy atom. The molecular weight excluding hydrogens is 464 g/mol. The van der Waals surface area contributed by atoms with E-state index in [1.807, 2.05) is 0 Å². The van der Waals surface area contributed by atoms with Gasteiger partial charge >= 0.3 is 30.7 Å². The molecule has 1 rings (SSSR count). The maximum Gasteiger partial charge on any atom is 0.403 e. The van der Waals surface area contributed by atoms with Gasteiger partial charge in [0.05, 0.1) is 0 Å². The van der Waals surface area contributed by atoms with Crippen LogP contribution in [-0.2, 0) is 9.53 Å². The van der Waals surface area contributed by atoms with Crippen LogP contribution in [0.2, 0.25) is 0 Å². The average Bonchev–Trinajstić information content (AvgIpc) is 2.56. The molecule has 1 saturated carbocycles. The minimum absolute atomic E-state index is 0.302. The summed E-state index contributed by atoms with van der Waals surface area (Å²) in [5.41, 5.74) is -9.33. The summed E-state index contributed by atoms with van der Waals surface area (Å²) in [5.74, 6) is -7.10. The number of carbonyl (C=O) groups excluding carboxylic acids is 1. The highest BCUT2D eigenvalue weighted by Crippen LogP contribution is 2.64. The molecule has 3 unspecified atom stereocenters. The van der Waals surface area contributed by atoms with Gasteiger partial charge in [-0.05, 0) is 39.0 Å². The normalized spacial score (nSPS) is 24.6. The molecule has 0 heterocycles. The second-order valence-corrected chi connectivity index (χ2v) is 7.69. The van der Waals surface area contributed by atoms with Gasteiger partial charge in [-0.25, -0.2) is 4.79 Å². The highest BCUT2D eigenvalue weighted by atomic mass is 19.4. The molecule has 31 heavy (non-hydrogen) atoms. The van der Waals surface area contributed by atoms with Gasteiger partial charge < -0.3 is 4.74 Å². The zero-order valence-corrected chi connectivity index (χ0v) is 16.0. The van der Waals surface area contributed by atoms with Crippen LogP contribution in [0.1, 0.15) is 33.1 Å². The van der Waals surface area contributed by atoms with Crippen LogP contribution in [0.25, 0.3) is 0 Å². The SMILES string of the molecule is C=CC(=O)OC1CCC(C(C)(C(F)(F)F)C(F)(F)F)CC1C(C)(C(F)(F)F)C(F)(F)F. The maximum absolute atomic E-state index is 13.5. The molecule has 0 aromatic carbocycles. The molecule has 0 bridgehead atoms. The molecule has 0 aromatic heterocycles. The van der Waals surface area contributed by atoms with Crippen molar-refractivity contribution in [2.75, 3.05) is 0 Å². The van der Waals surface area contributed by atoms with Crippen molar-refractivity contribution in [3.05, 3.63) is 12.7 Å². The Hall–Kier alpha value is -1.63. The first-order valence-electron chi connectivity index (χ1n) is 8.65. The molecule has 0 aromatic rings. The van der Waals surface area contributed by atoms with Crippen molar-refractivity contribution in [3.63, 3.8) is 0 Å². The van der Waals surface area contributed by atoms with E-state index in [1.165, 1.54) is 0 Å². The van der Waals surface area contributed by atoms with E-state index in [0.29, 0.717) is 6.08 Å². The Balaban J connectivity index is 3.66. The van der Waals surface area contributed by atoms with Gasteiger partial charge in [0.1, 0.15) is 6.10 Å². The summed E-state index contributed by atoms with van der Waals surface area (Å²) in [4.78, 5) is 11.4. The van der Waals surface area contributed by atoms with Crippen LogP contribution in [0.5, 0.6) is 0 Å². The van der Waals surface area contributed by atoms with Gasteiger partial charge in [-0.1, -0.05) is 6.58 Å². The van der Waals surface area contributed by atoms with E-state index in [-0.39, 0.29) is 13.8 Å². The van der Waals surface area contributed by atoms with Gasteiger partial charge in [-0.15, -0.1) is 0 Å². The molecule has 0 N–H and O–H groups in total. The van der Waals surface area contributed by atoms with Gasteiger partial charge in [-0.3, -0.25) is 0 Å². The van der Waals surface area contributed by atoms with Crippen LogP contribution in [0.15, 0.2) is 12.7 Å². The number of hydrogen-bond donors (Lipinski definition) is 0. The summed E-state index contributed by atoms with van der Waals surface area (Å²) >= 11 is 0. The van der Waals surface area contributed by atoms with Crippen molar-refractivity contribution in [1.29, 1.82) is 0 Å². The monoisotopic (exact) mass is 482 g/mol. The van der Waals surface area contributed by atoms with Crippen molar-refractivity contribution >= 4 is 5.97 Å². The largest absolute Gasteiger partial charge is 0.459 e. The smallest absolute Gasteiger partial charge is 0.403 e. The van der Waals surface area contributed by atoms with Crippen molar-refractivity contribution in [2.24, 2.45) is 22.7 Å². The van der Waals surface area contributed by atoms with Crippen molar-refractivity contribution < 1.29 is 62.2 Å². The molecular formula is C17H18F12O2. The molecule has 0 amide bonds. The summed E-state index contributed by atoms with van der Waals surface area (Å²) in [5, 5.41) is 0. The second-order valence-electron chi connectivity index (χ2n) is 7.69. The fourth-order valence-corrected chi connectivity index (χ4v) is 3.82. The molecule has 0 spiro atoms. The molecule has 0 saturated heterocycles. The van der Waals surface area contributed by atoms with Gasteiger partial charge in [0.15, 0.2) is 10.8 Å². The average molecular weight is 482 g/mol. The van der Waals surface area contributed by atoms with E-state index in [9.17, 15) is 57.5 Å². The predicted molar refractivity (Wildman–Crippen MR) is 81.3 cm³/mol. The molecule has 14 heteroatoms. The molecule has 182 valence electrons. The molecule has 3 atom stereocenters. The first kappa shape index (κ1) is 27.4. The summed E-state index contributed by atoms with van der Waals surface area (Å²) in [7, 11) is 0. The van der Waals surface area contributed by atoms with Gasteiger partial charge in [0.2, 0.25) is 0 Å². The topological polar surface area (TPSA) is 26.3 Å². The van der Waals surface area contributed by atoms with Gasteiger partial charge in [0.25, 0.3) is 0 Å². The van der Waals surface area contributed by atoms with Crippen molar-refractivity contribution in [3.8, 4) is 0 Å². The quantitative estimate of drug-likeness (QED) is 0.251. The van der Waals surface area contributed by atoms with Crippen LogP contribution in [0.3, 0.4) is 0 Å². The summed E-state index contributed by atoms with van der Waals surface area (Å²) in [6.45, 7) is 2.24. The van der Waals surface area contributed by atoms with Crippen LogP contribution >= 0.6 is 0 Å². The fourth-order valence-electron chi connectivity index (χ4n) is 3.82. The van der Waals surface area contributed by atoms with E-state index in [1.54, 1.807) is 0 Å². The number of carbonyl (C=O) groups is 1. The lowest BCUT2D eigenvalue weighted by molar-refractivity contribution is -0.376. The van der Waals surface area contributed by atoms with E-state index >= 15 is 0 Å². The molecule has 0 radical (unpaired) electrons. The molecule has 2 nitrogen and oxygen atoms in total. The molecule has 1 fully saturated rings. The van der Waals surface area contributed by atoms with E-state index < -0.39 is 78.7 Å². The maximum atomic E-state index is 13.5. The lowest BCUT2D eigenvalue weighted by Gasteiger charge is -2.50. The minimum Gasteiger partial charge on any atom is -0.459 e. The lowest BCUT2D eigenvalue weighted by atomic mass is 9.59. The summed E-state index contributed by atoms with van der Waals surface area (Å²) < 4.78 is 166. The van der Waals surface area contributed by atoms with Gasteiger partial charge in [-0.2, -0.15) is 52.7 Å². The van der Waals surface area contributed by atoms with E-state index in [0.717, 1.165) is 0 Å². The lowest BCUT2D eigenvalue weighted by Crippen LogP contribution is -2.61. The van der Waals surface area contributed by atoms with Gasteiger partial charge in [0, 0.05) is 12.0 Å². The highest BCUT2D eigenvalue weighted by Gasteiger charge is 2.76. The Morgan fingerprint density at radius 3 is 1.48 bits per heavy atom. The molecule has 0 aliphatic heterocycles. The third kappa shape index (κ3) is 4.62. The number of rotatable bonds is 4. The first-order chi connectivity index (χ1) is 13.6. The van der Waals surface area contributed by atoms with Crippen LogP contribution in [0.4, 0.5) is 52.7 Å². The minimum atomic E-state index is -6.12. The second kappa shape index (κ2) is 8.05. The number of hydrogen-bond acceptors (Lipinski definition) is 2. The number of esters is 1. The number of halogens is 12. The zero-order valence-electron chi connectivity index (χ0n) is 16.0. The number of alkyl halides is 12. The Morgan fingerprint density at radius 1 is 0.774 bits per heavy atom. The summed E-state index contributed by atoms with van der Waals surface area (Å²) in [6, 6.07) is 0. The Kier molecular flexibility index (Phi) is 7.12. The number of ether oxygens (including phenoxy) is 1. The first-order valence-corrected chi connectivity index (χ1v) is 8.65. The standard InChI is InChI=1S/C17H18F12O2/c1-4-11(30)31-10-6-5-8(12(2,14(18,19)20)15(21,22)23)7-9(10)13(3,16(24,25)26)17(27,28)29/h4,8-10H,1,5-7H2,2-3H3. The molecule has 1 aliphatic carbocycles. The van der Waals surface area contributed by atoms with Crippen molar-refractivity contribution in [2.45, 2.75) is 63.9 Å². The summed E-state index contributed by atoms with van der Waals surface area (Å²) in [6.07, 6.45) is -30.0. The third-order valence-electron chi connectivity index (χ3n) is 6.13.